The predicted octanol–water partition coefficient (Wildman–Crippen LogP) is 3.54. The van der Waals surface area contributed by atoms with Gasteiger partial charge in [0.2, 0.25) is 5.13 Å². The van der Waals surface area contributed by atoms with E-state index in [9.17, 15) is 0 Å². The number of aromatic nitrogens is 2. The minimum atomic E-state index is 0.445. The largest absolute Gasteiger partial charge is 0.374 e. The Kier molecular flexibility index (Phi) is 3.58. The summed E-state index contributed by atoms with van der Waals surface area (Å²) in [6.07, 6.45) is 0.913. The molecular weight excluding hydrogens is 244 g/mol. The van der Waals surface area contributed by atoms with E-state index in [2.05, 4.69) is 28.9 Å². The van der Waals surface area contributed by atoms with Crippen LogP contribution in [0.4, 0.5) is 10.8 Å². The monoisotopic (exact) mass is 258 g/mol. The molecular formula is C13H14N4S. The highest BCUT2D eigenvalue weighted by atomic mass is 32.1. The highest BCUT2D eigenvalue weighted by Gasteiger charge is 2.09. The van der Waals surface area contributed by atoms with E-state index >= 15 is 0 Å². The van der Waals surface area contributed by atoms with Crippen LogP contribution in [0.25, 0.3) is 15.4 Å². The van der Waals surface area contributed by atoms with Gasteiger partial charge >= 0.3 is 0 Å². The Hall–Kier alpha value is -1.93. The van der Waals surface area contributed by atoms with Crippen LogP contribution in [0.5, 0.6) is 0 Å². The van der Waals surface area contributed by atoms with E-state index in [-0.39, 0.29) is 0 Å². The van der Waals surface area contributed by atoms with E-state index in [1.54, 1.807) is 0 Å². The molecule has 2 N–H and O–H groups in total. The Balaban J connectivity index is 2.39. The van der Waals surface area contributed by atoms with Crippen molar-refractivity contribution in [2.24, 2.45) is 5.92 Å². The normalized spacial score (nSPS) is 10.6. The molecule has 0 saturated carbocycles. The van der Waals surface area contributed by atoms with Gasteiger partial charge in [0, 0.05) is 5.56 Å². The fourth-order valence-electron chi connectivity index (χ4n) is 1.76. The number of nitrogen functional groups attached to an aromatic ring is 1. The number of hydrogen-bond donors (Lipinski definition) is 1. The van der Waals surface area contributed by atoms with Gasteiger partial charge in [-0.15, -0.1) is 10.2 Å². The lowest BCUT2D eigenvalue weighted by Gasteiger charge is -2.08. The van der Waals surface area contributed by atoms with Crippen LogP contribution in [0.2, 0.25) is 0 Å². The summed E-state index contributed by atoms with van der Waals surface area (Å²) < 4.78 is 0. The van der Waals surface area contributed by atoms with Gasteiger partial charge in [-0.2, -0.15) is 0 Å². The number of nitrogens with two attached hydrogens (primary N) is 1. The lowest BCUT2D eigenvalue weighted by atomic mass is 10.00. The van der Waals surface area contributed by atoms with Gasteiger partial charge in [0.25, 0.3) is 0 Å². The van der Waals surface area contributed by atoms with E-state index < -0.39 is 0 Å². The number of benzene rings is 1. The van der Waals surface area contributed by atoms with Crippen LogP contribution in [0, 0.1) is 12.5 Å². The van der Waals surface area contributed by atoms with Crippen molar-refractivity contribution in [3.63, 3.8) is 0 Å². The highest BCUT2D eigenvalue weighted by molar-refractivity contribution is 7.18. The third kappa shape index (κ3) is 2.66. The van der Waals surface area contributed by atoms with Crippen molar-refractivity contribution in [1.29, 1.82) is 0 Å². The topological polar surface area (TPSA) is 56.2 Å². The molecule has 92 valence electrons. The maximum atomic E-state index is 7.26. The zero-order chi connectivity index (χ0) is 13.1. The molecule has 1 heterocycles. The summed E-state index contributed by atoms with van der Waals surface area (Å²) in [4.78, 5) is 3.59. The number of rotatable bonds is 3. The van der Waals surface area contributed by atoms with Crippen molar-refractivity contribution in [3.8, 4) is 10.6 Å². The molecule has 0 aliphatic rings. The molecule has 0 atom stereocenters. The van der Waals surface area contributed by atoms with Crippen LogP contribution in [0.1, 0.15) is 19.4 Å². The van der Waals surface area contributed by atoms with Crippen molar-refractivity contribution in [2.45, 2.75) is 20.3 Å². The van der Waals surface area contributed by atoms with Gasteiger partial charge in [0.15, 0.2) is 5.69 Å². The molecule has 5 heteroatoms. The second-order valence-electron chi connectivity index (χ2n) is 4.50. The summed E-state index contributed by atoms with van der Waals surface area (Å²) in [7, 11) is 0. The molecule has 0 aliphatic heterocycles. The van der Waals surface area contributed by atoms with Crippen LogP contribution in [-0.4, -0.2) is 10.2 Å². The molecule has 0 spiro atoms. The molecule has 2 rings (SSSR count). The van der Waals surface area contributed by atoms with Crippen molar-refractivity contribution < 1.29 is 0 Å². The van der Waals surface area contributed by atoms with Gasteiger partial charge < -0.3 is 5.73 Å². The molecule has 0 amide bonds. The van der Waals surface area contributed by atoms with E-state index in [0.717, 1.165) is 22.6 Å². The van der Waals surface area contributed by atoms with E-state index in [4.69, 9.17) is 12.3 Å². The zero-order valence-electron chi connectivity index (χ0n) is 10.3. The van der Waals surface area contributed by atoms with Gasteiger partial charge in [0.05, 0.1) is 6.57 Å². The van der Waals surface area contributed by atoms with Crippen LogP contribution in [0.3, 0.4) is 0 Å². The first-order chi connectivity index (χ1) is 8.60. The predicted molar refractivity (Wildman–Crippen MR) is 74.6 cm³/mol. The first-order valence-electron chi connectivity index (χ1n) is 5.70. The van der Waals surface area contributed by atoms with Crippen LogP contribution in [0.15, 0.2) is 18.2 Å². The van der Waals surface area contributed by atoms with Crippen LogP contribution >= 0.6 is 11.3 Å². The Morgan fingerprint density at radius 2 is 2.17 bits per heavy atom. The number of hydrogen-bond acceptors (Lipinski definition) is 4. The van der Waals surface area contributed by atoms with Crippen molar-refractivity contribution >= 4 is 22.2 Å². The van der Waals surface area contributed by atoms with Gasteiger partial charge in [-0.05, 0) is 24.0 Å². The molecule has 1 aromatic carbocycles. The molecule has 0 fully saturated rings. The molecule has 0 bridgehead atoms. The number of nitrogens with zero attached hydrogens (tertiary/aromatic N) is 3. The minimum Gasteiger partial charge on any atom is -0.374 e. The average molecular weight is 258 g/mol. The molecule has 1 aromatic heterocycles. The molecule has 0 saturated heterocycles. The van der Waals surface area contributed by atoms with Crippen molar-refractivity contribution in [1.82, 2.24) is 10.2 Å². The molecule has 0 radical (unpaired) electrons. The van der Waals surface area contributed by atoms with Gasteiger partial charge in [0.1, 0.15) is 5.01 Å². The summed E-state index contributed by atoms with van der Waals surface area (Å²) in [5.74, 6) is 0.536. The summed E-state index contributed by atoms with van der Waals surface area (Å²) in [5, 5.41) is 8.98. The summed E-state index contributed by atoms with van der Waals surface area (Å²) in [6, 6.07) is 5.84. The fraction of sp³-hybridized carbons (Fsp3) is 0.308. The number of anilines is 1. The van der Waals surface area contributed by atoms with Gasteiger partial charge in [-0.1, -0.05) is 37.3 Å². The third-order valence-electron chi connectivity index (χ3n) is 2.52. The average Bonchev–Trinajstić information content (AvgIpc) is 2.75. The summed E-state index contributed by atoms with van der Waals surface area (Å²) >= 11 is 1.33. The lowest BCUT2D eigenvalue weighted by molar-refractivity contribution is 0.649. The van der Waals surface area contributed by atoms with E-state index in [1.165, 1.54) is 11.3 Å². The summed E-state index contributed by atoms with van der Waals surface area (Å²) in [5.41, 5.74) is 8.25. The first kappa shape index (κ1) is 12.5. The first-order valence-corrected chi connectivity index (χ1v) is 6.51. The SMILES string of the molecule is [C-]#[N+]c1cc(-c2nnc(N)s2)ccc1CC(C)C. The molecule has 18 heavy (non-hydrogen) atoms. The molecule has 0 unspecified atom stereocenters. The van der Waals surface area contributed by atoms with E-state index in [1.807, 2.05) is 18.2 Å². The lowest BCUT2D eigenvalue weighted by Crippen LogP contribution is -1.94. The maximum absolute atomic E-state index is 7.26. The Bertz CT molecular complexity index is 595. The Morgan fingerprint density at radius 1 is 1.39 bits per heavy atom. The minimum absolute atomic E-state index is 0.445. The van der Waals surface area contributed by atoms with E-state index in [0.29, 0.717) is 16.7 Å². The standard InChI is InChI=1S/C13H14N4S/c1-8(2)6-9-4-5-10(7-11(9)15-3)12-16-17-13(14)18-12/h4-5,7-8H,6H2,1-2H3,(H2,14,17). The quantitative estimate of drug-likeness (QED) is 0.857. The zero-order valence-corrected chi connectivity index (χ0v) is 11.2. The molecule has 0 aliphatic carbocycles. The maximum Gasteiger partial charge on any atom is 0.203 e. The molecule has 2 aromatic rings. The van der Waals surface area contributed by atoms with Crippen molar-refractivity contribution in [2.75, 3.05) is 5.73 Å². The van der Waals surface area contributed by atoms with Crippen LogP contribution in [-0.2, 0) is 6.42 Å². The Labute approximate surface area is 110 Å². The Morgan fingerprint density at radius 3 is 2.72 bits per heavy atom. The van der Waals surface area contributed by atoms with Crippen molar-refractivity contribution in [3.05, 3.63) is 35.2 Å². The second kappa shape index (κ2) is 5.15. The third-order valence-corrected chi connectivity index (χ3v) is 3.32. The second-order valence-corrected chi connectivity index (χ2v) is 5.51. The van der Waals surface area contributed by atoms with Crippen LogP contribution < -0.4 is 5.73 Å². The van der Waals surface area contributed by atoms with Gasteiger partial charge in [-0.3, -0.25) is 0 Å². The summed E-state index contributed by atoms with van der Waals surface area (Å²) in [6.45, 7) is 11.6. The smallest absolute Gasteiger partial charge is 0.203 e. The molecule has 4 nitrogen and oxygen atoms in total. The fourth-order valence-corrected chi connectivity index (χ4v) is 2.37. The highest BCUT2D eigenvalue weighted by Crippen LogP contribution is 2.31. The van der Waals surface area contributed by atoms with Gasteiger partial charge in [-0.25, -0.2) is 4.85 Å².